The van der Waals surface area contributed by atoms with Crippen molar-refractivity contribution in [2.24, 2.45) is 11.3 Å². The molecule has 0 spiro atoms. The van der Waals surface area contributed by atoms with Gasteiger partial charge in [0.2, 0.25) is 0 Å². The molecule has 4 heteroatoms. The van der Waals surface area contributed by atoms with E-state index in [2.05, 4.69) is 11.4 Å². The van der Waals surface area contributed by atoms with Gasteiger partial charge in [0.1, 0.15) is 5.60 Å². The molecule has 0 unspecified atom stereocenters. The van der Waals surface area contributed by atoms with Gasteiger partial charge in [-0.15, -0.1) is 0 Å². The summed E-state index contributed by atoms with van der Waals surface area (Å²) in [5, 5.41) is 12.1. The van der Waals surface area contributed by atoms with Crippen molar-refractivity contribution >= 4 is 6.09 Å². The maximum absolute atomic E-state index is 11.7. The quantitative estimate of drug-likeness (QED) is 0.831. The molecule has 4 nitrogen and oxygen atoms in total. The highest BCUT2D eigenvalue weighted by Crippen LogP contribution is 2.55. The molecule has 0 aromatic carbocycles. The molecule has 19 heavy (non-hydrogen) atoms. The summed E-state index contributed by atoms with van der Waals surface area (Å²) < 4.78 is 5.27. The van der Waals surface area contributed by atoms with E-state index in [1.807, 2.05) is 20.8 Å². The Morgan fingerprint density at radius 1 is 1.26 bits per heavy atom. The number of hydrogen-bond acceptors (Lipinski definition) is 3. The van der Waals surface area contributed by atoms with Gasteiger partial charge < -0.3 is 10.1 Å². The van der Waals surface area contributed by atoms with Crippen LogP contribution in [-0.4, -0.2) is 17.7 Å². The van der Waals surface area contributed by atoms with Crippen LogP contribution in [-0.2, 0) is 4.74 Å². The van der Waals surface area contributed by atoms with Crippen molar-refractivity contribution in [3.63, 3.8) is 0 Å². The Bertz CT molecular complexity index is 380. The molecular weight excluding hydrogens is 240 g/mol. The zero-order valence-electron chi connectivity index (χ0n) is 12.2. The zero-order valence-corrected chi connectivity index (χ0v) is 12.2. The smallest absolute Gasteiger partial charge is 0.407 e. The predicted octanol–water partition coefficient (Wildman–Crippen LogP) is 3.37. The van der Waals surface area contributed by atoms with Gasteiger partial charge in [0.15, 0.2) is 0 Å². The molecule has 0 heterocycles. The van der Waals surface area contributed by atoms with Crippen LogP contribution < -0.4 is 5.32 Å². The second-order valence-corrected chi connectivity index (χ2v) is 6.96. The standard InChI is InChI=1S/C15H24N2O2/c1-14(2,3)19-13(18)17-12-6-4-11(5-7-12)15(10-16)8-9-15/h11-12H,4-9H2,1-3H3,(H,17,18). The van der Waals surface area contributed by atoms with E-state index >= 15 is 0 Å². The maximum atomic E-state index is 11.7. The lowest BCUT2D eigenvalue weighted by molar-refractivity contribution is 0.0483. The van der Waals surface area contributed by atoms with Crippen LogP contribution in [0.3, 0.4) is 0 Å². The Labute approximate surface area is 115 Å². The van der Waals surface area contributed by atoms with Crippen LogP contribution >= 0.6 is 0 Å². The zero-order chi connectivity index (χ0) is 14.1. The third kappa shape index (κ3) is 3.62. The third-order valence-corrected chi connectivity index (χ3v) is 4.24. The van der Waals surface area contributed by atoms with Gasteiger partial charge in [0.25, 0.3) is 0 Å². The fraction of sp³-hybridized carbons (Fsp3) is 0.867. The first-order chi connectivity index (χ1) is 8.85. The van der Waals surface area contributed by atoms with Gasteiger partial charge in [-0.05, 0) is 65.2 Å². The van der Waals surface area contributed by atoms with Gasteiger partial charge in [-0.1, -0.05) is 0 Å². The minimum absolute atomic E-state index is 0.0170. The molecule has 1 N–H and O–H groups in total. The van der Waals surface area contributed by atoms with Crippen LogP contribution in [0.1, 0.15) is 59.3 Å². The predicted molar refractivity (Wildman–Crippen MR) is 72.4 cm³/mol. The number of amides is 1. The SMILES string of the molecule is CC(C)(C)OC(=O)NC1CCC(C2(C#N)CC2)CC1. The van der Waals surface area contributed by atoms with Crippen LogP contribution in [0.5, 0.6) is 0 Å². The Morgan fingerprint density at radius 2 is 1.84 bits per heavy atom. The Hall–Kier alpha value is -1.24. The molecule has 0 aromatic rings. The van der Waals surface area contributed by atoms with Crippen LogP contribution in [0, 0.1) is 22.7 Å². The van der Waals surface area contributed by atoms with E-state index in [4.69, 9.17) is 4.74 Å². The lowest BCUT2D eigenvalue weighted by atomic mass is 9.77. The van der Waals surface area contributed by atoms with Crippen LogP contribution in [0.2, 0.25) is 0 Å². The van der Waals surface area contributed by atoms with Gasteiger partial charge in [-0.3, -0.25) is 0 Å². The fourth-order valence-electron chi connectivity index (χ4n) is 3.01. The van der Waals surface area contributed by atoms with Crippen molar-refractivity contribution in [3.8, 4) is 6.07 Å². The van der Waals surface area contributed by atoms with E-state index in [9.17, 15) is 10.1 Å². The van der Waals surface area contributed by atoms with Gasteiger partial charge in [0.05, 0.1) is 11.5 Å². The van der Waals surface area contributed by atoms with Crippen molar-refractivity contribution in [2.75, 3.05) is 0 Å². The van der Waals surface area contributed by atoms with Gasteiger partial charge in [-0.25, -0.2) is 4.79 Å². The van der Waals surface area contributed by atoms with E-state index in [1.165, 1.54) is 0 Å². The number of hydrogen-bond donors (Lipinski definition) is 1. The summed E-state index contributed by atoms with van der Waals surface area (Å²) in [6, 6.07) is 2.71. The maximum Gasteiger partial charge on any atom is 0.407 e. The minimum atomic E-state index is -0.444. The molecule has 0 aromatic heterocycles. The molecule has 2 saturated carbocycles. The molecule has 0 aliphatic heterocycles. The van der Waals surface area contributed by atoms with Crippen molar-refractivity contribution in [3.05, 3.63) is 0 Å². The average molecular weight is 264 g/mol. The Morgan fingerprint density at radius 3 is 2.26 bits per heavy atom. The molecule has 2 rings (SSSR count). The topological polar surface area (TPSA) is 62.1 Å². The van der Waals surface area contributed by atoms with Gasteiger partial charge in [-0.2, -0.15) is 5.26 Å². The lowest BCUT2D eigenvalue weighted by Gasteiger charge is -2.32. The summed E-state index contributed by atoms with van der Waals surface area (Å²) in [7, 11) is 0. The molecule has 1 amide bonds. The van der Waals surface area contributed by atoms with E-state index < -0.39 is 5.60 Å². The summed E-state index contributed by atoms with van der Waals surface area (Å²) in [5.74, 6) is 0.536. The summed E-state index contributed by atoms with van der Waals surface area (Å²) in [6.45, 7) is 5.60. The highest BCUT2D eigenvalue weighted by Gasteiger charge is 2.50. The molecule has 2 aliphatic carbocycles. The monoisotopic (exact) mass is 264 g/mol. The van der Waals surface area contributed by atoms with Gasteiger partial charge >= 0.3 is 6.09 Å². The largest absolute Gasteiger partial charge is 0.444 e. The van der Waals surface area contributed by atoms with Crippen molar-refractivity contribution in [2.45, 2.75) is 70.9 Å². The number of nitrogens with one attached hydrogen (secondary N) is 1. The third-order valence-electron chi connectivity index (χ3n) is 4.24. The first-order valence-corrected chi connectivity index (χ1v) is 7.25. The van der Waals surface area contributed by atoms with Crippen LogP contribution in [0.25, 0.3) is 0 Å². The molecule has 2 aliphatic rings. The molecule has 2 fully saturated rings. The number of carbonyl (C=O) groups excluding carboxylic acids is 1. The highest BCUT2D eigenvalue weighted by atomic mass is 16.6. The van der Waals surface area contributed by atoms with Crippen molar-refractivity contribution < 1.29 is 9.53 Å². The molecule has 0 bridgehead atoms. The lowest BCUT2D eigenvalue weighted by Crippen LogP contribution is -2.41. The summed E-state index contributed by atoms with van der Waals surface area (Å²) in [4.78, 5) is 11.7. The first-order valence-electron chi connectivity index (χ1n) is 7.25. The molecule has 0 saturated heterocycles. The van der Waals surface area contributed by atoms with E-state index in [-0.39, 0.29) is 17.6 Å². The minimum Gasteiger partial charge on any atom is -0.444 e. The number of ether oxygens (including phenoxy) is 1. The van der Waals surface area contributed by atoms with E-state index in [1.54, 1.807) is 0 Å². The molecule has 0 radical (unpaired) electrons. The first kappa shape index (κ1) is 14.2. The van der Waals surface area contributed by atoms with Gasteiger partial charge in [0, 0.05) is 6.04 Å². The molecule has 106 valence electrons. The Balaban J connectivity index is 1.75. The Kier molecular flexibility index (Phi) is 3.75. The normalized spacial score (nSPS) is 29.2. The number of rotatable bonds is 2. The fourth-order valence-corrected chi connectivity index (χ4v) is 3.01. The summed E-state index contributed by atoms with van der Waals surface area (Å²) in [5.41, 5.74) is -0.461. The van der Waals surface area contributed by atoms with Crippen LogP contribution in [0.4, 0.5) is 4.79 Å². The molecular formula is C15H24N2O2. The van der Waals surface area contributed by atoms with Crippen molar-refractivity contribution in [1.82, 2.24) is 5.32 Å². The molecule has 0 atom stereocenters. The van der Waals surface area contributed by atoms with Crippen molar-refractivity contribution in [1.29, 1.82) is 5.26 Å². The van der Waals surface area contributed by atoms with E-state index in [0.29, 0.717) is 5.92 Å². The number of carbonyl (C=O) groups is 1. The van der Waals surface area contributed by atoms with Crippen LogP contribution in [0.15, 0.2) is 0 Å². The number of nitrogens with zero attached hydrogens (tertiary/aromatic N) is 1. The second kappa shape index (κ2) is 5.03. The van der Waals surface area contributed by atoms with E-state index in [0.717, 1.165) is 38.5 Å². The number of nitriles is 1. The average Bonchev–Trinajstić information content (AvgIpc) is 3.08. The number of alkyl carbamates (subject to hydrolysis) is 1. The summed E-state index contributed by atoms with van der Waals surface area (Å²) in [6.07, 6.45) is 5.84. The highest BCUT2D eigenvalue weighted by molar-refractivity contribution is 5.68. The second-order valence-electron chi connectivity index (χ2n) is 6.96. The summed E-state index contributed by atoms with van der Waals surface area (Å²) >= 11 is 0.